The Hall–Kier alpha value is -0.970. The average Bonchev–Trinajstić information content (AvgIpc) is 3.23. The van der Waals surface area contributed by atoms with E-state index in [1.165, 1.54) is 12.8 Å². The highest BCUT2D eigenvalue weighted by molar-refractivity contribution is 6.35. The summed E-state index contributed by atoms with van der Waals surface area (Å²) in [6.07, 6.45) is 3.44. The maximum atomic E-state index is 6.21. The molecule has 0 heterocycles. The van der Waals surface area contributed by atoms with Crippen LogP contribution in [0.25, 0.3) is 0 Å². The van der Waals surface area contributed by atoms with Gasteiger partial charge in [0.05, 0.1) is 6.04 Å². The van der Waals surface area contributed by atoms with Crippen LogP contribution < -0.4 is 11.1 Å². The van der Waals surface area contributed by atoms with Gasteiger partial charge in [0.2, 0.25) is 0 Å². The van der Waals surface area contributed by atoms with Crippen LogP contribution in [-0.2, 0) is 4.74 Å². The van der Waals surface area contributed by atoms with Crippen molar-refractivity contribution in [2.45, 2.75) is 32.2 Å². The van der Waals surface area contributed by atoms with E-state index in [9.17, 15) is 0 Å². The monoisotopic (exact) mass is 343 g/mol. The molecule has 122 valence electrons. The molecule has 1 aliphatic carbocycles. The summed E-state index contributed by atoms with van der Waals surface area (Å²) in [4.78, 5) is 4.48. The van der Waals surface area contributed by atoms with Crippen molar-refractivity contribution >= 4 is 29.2 Å². The van der Waals surface area contributed by atoms with Crippen LogP contribution in [0, 0.1) is 5.41 Å². The van der Waals surface area contributed by atoms with Gasteiger partial charge in [-0.15, -0.1) is 0 Å². The van der Waals surface area contributed by atoms with Crippen molar-refractivity contribution in [3.63, 3.8) is 0 Å². The van der Waals surface area contributed by atoms with E-state index < -0.39 is 0 Å². The molecule has 1 fully saturated rings. The zero-order chi connectivity index (χ0) is 16.2. The Kier molecular flexibility index (Phi) is 5.95. The molecule has 0 amide bonds. The molecule has 1 atom stereocenters. The number of hydrogen-bond donors (Lipinski definition) is 2. The number of ether oxygens (including phenoxy) is 1. The van der Waals surface area contributed by atoms with Crippen LogP contribution in [0.3, 0.4) is 0 Å². The molecule has 0 spiro atoms. The molecule has 22 heavy (non-hydrogen) atoms. The van der Waals surface area contributed by atoms with Gasteiger partial charge in [-0.3, -0.25) is 4.99 Å². The van der Waals surface area contributed by atoms with Crippen LogP contribution >= 0.6 is 23.2 Å². The molecule has 1 aliphatic rings. The minimum absolute atomic E-state index is 0.0253. The molecule has 0 saturated heterocycles. The topological polar surface area (TPSA) is 59.6 Å². The Morgan fingerprint density at radius 2 is 2.18 bits per heavy atom. The van der Waals surface area contributed by atoms with Gasteiger partial charge in [-0.05, 0) is 49.3 Å². The van der Waals surface area contributed by atoms with E-state index in [0.717, 1.165) is 25.1 Å². The Bertz CT molecular complexity index is 544. The van der Waals surface area contributed by atoms with Crippen molar-refractivity contribution in [2.24, 2.45) is 16.1 Å². The lowest BCUT2D eigenvalue weighted by atomic mass is 10.0. The van der Waals surface area contributed by atoms with Crippen molar-refractivity contribution in [1.29, 1.82) is 0 Å². The zero-order valence-electron chi connectivity index (χ0n) is 13.0. The van der Waals surface area contributed by atoms with E-state index in [1.807, 2.05) is 19.1 Å². The van der Waals surface area contributed by atoms with E-state index in [4.69, 9.17) is 33.7 Å². The molecular formula is C16H23Cl2N3O. The fraction of sp³-hybridized carbons (Fsp3) is 0.562. The number of halogens is 2. The summed E-state index contributed by atoms with van der Waals surface area (Å²) in [6.45, 7) is 3.52. The number of hydrogen-bond acceptors (Lipinski definition) is 2. The molecule has 1 aromatic rings. The quantitative estimate of drug-likeness (QED) is 0.585. The lowest BCUT2D eigenvalue weighted by Crippen LogP contribution is -2.34. The minimum Gasteiger partial charge on any atom is -0.385 e. The third-order valence-corrected chi connectivity index (χ3v) is 4.73. The van der Waals surface area contributed by atoms with Gasteiger partial charge in [0.1, 0.15) is 0 Å². The molecule has 1 aromatic carbocycles. The van der Waals surface area contributed by atoms with Gasteiger partial charge < -0.3 is 15.8 Å². The van der Waals surface area contributed by atoms with Crippen molar-refractivity contribution < 1.29 is 4.74 Å². The van der Waals surface area contributed by atoms with Crippen LogP contribution in [0.4, 0.5) is 0 Å². The standard InChI is InChI=1S/C16H23Cl2N3O/c1-11(13-4-3-12(17)9-14(13)18)21-15(19)20-10-16(5-6-16)7-8-22-2/h3-4,9,11H,5-8,10H2,1-2H3,(H3,19,20,21). The molecule has 3 N–H and O–H groups in total. The van der Waals surface area contributed by atoms with Crippen LogP contribution in [0.2, 0.25) is 10.0 Å². The van der Waals surface area contributed by atoms with Crippen molar-refractivity contribution in [1.82, 2.24) is 5.32 Å². The second-order valence-corrected chi connectivity index (χ2v) is 6.82. The predicted octanol–water partition coefficient (Wildman–Crippen LogP) is 3.78. The van der Waals surface area contributed by atoms with E-state index in [0.29, 0.717) is 21.4 Å². The normalized spacial score (nSPS) is 18.1. The summed E-state index contributed by atoms with van der Waals surface area (Å²) in [5.41, 5.74) is 7.24. The Labute approximate surface area is 142 Å². The van der Waals surface area contributed by atoms with Crippen molar-refractivity contribution in [3.05, 3.63) is 33.8 Å². The lowest BCUT2D eigenvalue weighted by molar-refractivity contribution is 0.174. The largest absolute Gasteiger partial charge is 0.385 e. The van der Waals surface area contributed by atoms with Crippen LogP contribution in [0.15, 0.2) is 23.2 Å². The number of nitrogens with two attached hydrogens (primary N) is 1. The number of nitrogens with one attached hydrogen (secondary N) is 1. The highest BCUT2D eigenvalue weighted by Crippen LogP contribution is 2.48. The van der Waals surface area contributed by atoms with Gasteiger partial charge in [-0.1, -0.05) is 29.3 Å². The summed E-state index contributed by atoms with van der Waals surface area (Å²) in [5, 5.41) is 4.43. The molecular weight excluding hydrogens is 321 g/mol. The van der Waals surface area contributed by atoms with Crippen molar-refractivity contribution in [2.75, 3.05) is 20.3 Å². The fourth-order valence-corrected chi connectivity index (χ4v) is 3.01. The summed E-state index contributed by atoms with van der Waals surface area (Å²) in [6, 6.07) is 5.42. The molecule has 1 saturated carbocycles. The smallest absolute Gasteiger partial charge is 0.189 e. The fourth-order valence-electron chi connectivity index (χ4n) is 2.43. The maximum absolute atomic E-state index is 6.21. The number of benzene rings is 1. The molecule has 0 radical (unpaired) electrons. The Balaban J connectivity index is 1.90. The first-order valence-electron chi connectivity index (χ1n) is 7.46. The summed E-state index contributed by atoms with van der Waals surface area (Å²) >= 11 is 12.1. The summed E-state index contributed by atoms with van der Waals surface area (Å²) < 4.78 is 5.15. The first-order chi connectivity index (χ1) is 10.5. The average molecular weight is 344 g/mol. The molecule has 0 bridgehead atoms. The number of rotatable bonds is 7. The third-order valence-electron chi connectivity index (χ3n) is 4.17. The van der Waals surface area contributed by atoms with Crippen LogP contribution in [0.5, 0.6) is 0 Å². The number of nitrogens with zero attached hydrogens (tertiary/aromatic N) is 1. The summed E-state index contributed by atoms with van der Waals surface area (Å²) in [7, 11) is 1.73. The zero-order valence-corrected chi connectivity index (χ0v) is 14.5. The van der Waals surface area contributed by atoms with Crippen LogP contribution in [-0.4, -0.2) is 26.2 Å². The van der Waals surface area contributed by atoms with E-state index >= 15 is 0 Å². The highest BCUT2D eigenvalue weighted by atomic mass is 35.5. The molecule has 1 unspecified atom stereocenters. The first-order valence-corrected chi connectivity index (χ1v) is 8.22. The first kappa shape index (κ1) is 17.4. The SMILES string of the molecule is COCCC1(CN=C(N)NC(C)c2ccc(Cl)cc2Cl)CC1. The predicted molar refractivity (Wildman–Crippen MR) is 92.7 cm³/mol. The van der Waals surface area contributed by atoms with Gasteiger partial charge in [0.15, 0.2) is 5.96 Å². The maximum Gasteiger partial charge on any atom is 0.189 e. The van der Waals surface area contributed by atoms with Crippen molar-refractivity contribution in [3.8, 4) is 0 Å². The third kappa shape index (κ3) is 4.77. The lowest BCUT2D eigenvalue weighted by Gasteiger charge is -2.17. The Morgan fingerprint density at radius 3 is 2.77 bits per heavy atom. The summed E-state index contributed by atoms with van der Waals surface area (Å²) in [5.74, 6) is 0.446. The second kappa shape index (κ2) is 7.53. The second-order valence-electron chi connectivity index (χ2n) is 5.98. The van der Waals surface area contributed by atoms with E-state index in [-0.39, 0.29) is 6.04 Å². The molecule has 6 heteroatoms. The van der Waals surface area contributed by atoms with E-state index in [1.54, 1.807) is 13.2 Å². The van der Waals surface area contributed by atoms with Crippen LogP contribution in [0.1, 0.15) is 37.8 Å². The number of methoxy groups -OCH3 is 1. The number of aliphatic imine (C=N–C) groups is 1. The van der Waals surface area contributed by atoms with Gasteiger partial charge in [0.25, 0.3) is 0 Å². The highest BCUT2D eigenvalue weighted by Gasteiger charge is 2.41. The molecule has 0 aliphatic heterocycles. The molecule has 0 aromatic heterocycles. The van der Waals surface area contributed by atoms with Gasteiger partial charge in [-0.2, -0.15) is 0 Å². The minimum atomic E-state index is -0.0253. The molecule has 4 nitrogen and oxygen atoms in total. The van der Waals surface area contributed by atoms with Gasteiger partial charge in [0, 0.05) is 30.3 Å². The van der Waals surface area contributed by atoms with Gasteiger partial charge >= 0.3 is 0 Å². The number of guanidine groups is 1. The van der Waals surface area contributed by atoms with E-state index in [2.05, 4.69) is 10.3 Å². The molecule has 2 rings (SSSR count). The Morgan fingerprint density at radius 1 is 1.45 bits per heavy atom. The van der Waals surface area contributed by atoms with Gasteiger partial charge in [-0.25, -0.2) is 0 Å².